The highest BCUT2D eigenvalue weighted by molar-refractivity contribution is 5.86. The number of nitrogens with one attached hydrogen (secondary N) is 1. The molecule has 1 N–H and O–H groups in total. The number of morpholine rings is 1. The fraction of sp³-hybridized carbons (Fsp3) is 0.524. The van der Waals surface area contributed by atoms with Gasteiger partial charge in [0.1, 0.15) is 16.9 Å². The van der Waals surface area contributed by atoms with E-state index in [9.17, 15) is 9.59 Å². The van der Waals surface area contributed by atoms with Crippen LogP contribution in [0.25, 0.3) is 11.0 Å². The van der Waals surface area contributed by atoms with Crippen molar-refractivity contribution in [3.05, 3.63) is 39.2 Å². The van der Waals surface area contributed by atoms with E-state index >= 15 is 0 Å². The van der Waals surface area contributed by atoms with Gasteiger partial charge in [-0.25, -0.2) is 9.80 Å². The van der Waals surface area contributed by atoms with Gasteiger partial charge in [0.25, 0.3) is 0 Å². The molecule has 150 valence electrons. The van der Waals surface area contributed by atoms with Crippen molar-refractivity contribution in [3.8, 4) is 5.75 Å². The molecule has 7 nitrogen and oxygen atoms in total. The predicted octanol–water partition coefficient (Wildman–Crippen LogP) is 2.11. The van der Waals surface area contributed by atoms with E-state index in [0.29, 0.717) is 37.4 Å². The Balaban J connectivity index is 1.62. The molecule has 7 heteroatoms. The van der Waals surface area contributed by atoms with E-state index in [1.165, 1.54) is 0 Å². The zero-order valence-electron chi connectivity index (χ0n) is 16.6. The van der Waals surface area contributed by atoms with Crippen molar-refractivity contribution < 1.29 is 18.7 Å². The standard InChI is InChI=1S/C21H26N2O5/c1-13-15-10-14-4-5-21(2,3)28-17(14)12-18(15)27-20(25)16(13)11-19(24)22-23-6-8-26-9-7-23/h10,12H,4-9,11H2,1-3H3,(H,22,24). The number of ether oxygens (including phenoxy) is 2. The highest BCUT2D eigenvalue weighted by Crippen LogP contribution is 2.36. The van der Waals surface area contributed by atoms with Gasteiger partial charge in [-0.15, -0.1) is 0 Å². The molecule has 0 spiro atoms. The fourth-order valence-electron chi connectivity index (χ4n) is 3.79. The lowest BCUT2D eigenvalue weighted by atomic mass is 9.92. The van der Waals surface area contributed by atoms with Crippen molar-refractivity contribution >= 4 is 16.9 Å². The molecule has 0 saturated carbocycles. The van der Waals surface area contributed by atoms with E-state index in [0.717, 1.165) is 35.1 Å². The highest BCUT2D eigenvalue weighted by atomic mass is 16.5. The van der Waals surface area contributed by atoms with Crippen LogP contribution in [-0.4, -0.2) is 42.8 Å². The van der Waals surface area contributed by atoms with Crippen molar-refractivity contribution in [2.45, 2.75) is 45.6 Å². The van der Waals surface area contributed by atoms with Crippen molar-refractivity contribution in [2.24, 2.45) is 0 Å². The number of fused-ring (bicyclic) bond motifs is 2. The van der Waals surface area contributed by atoms with Crippen LogP contribution in [0, 0.1) is 6.92 Å². The molecule has 1 saturated heterocycles. The molecule has 2 aliphatic rings. The summed E-state index contributed by atoms with van der Waals surface area (Å²) in [5.41, 5.74) is 4.93. The van der Waals surface area contributed by atoms with E-state index in [2.05, 4.69) is 19.3 Å². The smallest absolute Gasteiger partial charge is 0.340 e. The molecular formula is C21H26N2O5. The maximum absolute atomic E-state index is 12.6. The lowest BCUT2D eigenvalue weighted by molar-refractivity contribution is -0.127. The summed E-state index contributed by atoms with van der Waals surface area (Å²) in [6.45, 7) is 8.42. The Hall–Kier alpha value is -2.38. The first-order valence-corrected chi connectivity index (χ1v) is 9.73. The molecule has 2 aromatic rings. The second-order valence-electron chi connectivity index (χ2n) is 8.12. The van der Waals surface area contributed by atoms with Crippen molar-refractivity contribution in [2.75, 3.05) is 26.3 Å². The lowest BCUT2D eigenvalue weighted by Gasteiger charge is -2.32. The summed E-state index contributed by atoms with van der Waals surface area (Å²) in [7, 11) is 0. The molecule has 3 heterocycles. The number of carbonyl (C=O) groups is 1. The zero-order chi connectivity index (χ0) is 19.9. The molecule has 0 aliphatic carbocycles. The number of hydrogen-bond acceptors (Lipinski definition) is 6. The minimum absolute atomic E-state index is 0.0118. The van der Waals surface area contributed by atoms with Crippen LogP contribution in [0.5, 0.6) is 5.75 Å². The molecule has 0 bridgehead atoms. The summed E-state index contributed by atoms with van der Waals surface area (Å²) < 4.78 is 16.9. The molecular weight excluding hydrogens is 360 g/mol. The number of nitrogens with zero attached hydrogens (tertiary/aromatic N) is 1. The Morgan fingerprint density at radius 1 is 1.25 bits per heavy atom. The van der Waals surface area contributed by atoms with Gasteiger partial charge in [-0.2, -0.15) is 0 Å². The van der Waals surface area contributed by atoms with Gasteiger partial charge >= 0.3 is 5.63 Å². The molecule has 2 aliphatic heterocycles. The number of rotatable bonds is 3. The molecule has 1 amide bonds. The summed E-state index contributed by atoms with van der Waals surface area (Å²) in [5.74, 6) is 0.545. The molecule has 1 fully saturated rings. The summed E-state index contributed by atoms with van der Waals surface area (Å²) >= 11 is 0. The Morgan fingerprint density at radius 3 is 2.75 bits per heavy atom. The van der Waals surface area contributed by atoms with Crippen molar-refractivity contribution in [3.63, 3.8) is 0 Å². The Bertz CT molecular complexity index is 973. The van der Waals surface area contributed by atoms with E-state index in [1.54, 1.807) is 6.07 Å². The van der Waals surface area contributed by atoms with Crippen molar-refractivity contribution in [1.29, 1.82) is 0 Å². The monoisotopic (exact) mass is 386 g/mol. The normalized spacial score (nSPS) is 19.1. The van der Waals surface area contributed by atoms with Gasteiger partial charge in [0.2, 0.25) is 5.91 Å². The molecule has 28 heavy (non-hydrogen) atoms. The van der Waals surface area contributed by atoms with E-state index in [-0.39, 0.29) is 17.9 Å². The largest absolute Gasteiger partial charge is 0.487 e. The molecule has 1 aromatic carbocycles. The van der Waals surface area contributed by atoms with Crippen LogP contribution < -0.4 is 15.8 Å². The summed E-state index contributed by atoms with van der Waals surface area (Å²) in [5, 5.41) is 2.68. The van der Waals surface area contributed by atoms with Crippen LogP contribution in [-0.2, 0) is 22.4 Å². The van der Waals surface area contributed by atoms with Gasteiger partial charge in [-0.3, -0.25) is 10.2 Å². The Labute approximate surface area is 163 Å². The zero-order valence-corrected chi connectivity index (χ0v) is 16.6. The number of benzene rings is 1. The van der Waals surface area contributed by atoms with Crippen molar-refractivity contribution in [1.82, 2.24) is 10.4 Å². The number of aryl methyl sites for hydroxylation is 2. The summed E-state index contributed by atoms with van der Waals surface area (Å²) in [6.07, 6.45) is 1.82. The maximum atomic E-state index is 12.6. The first-order chi connectivity index (χ1) is 13.3. The summed E-state index contributed by atoms with van der Waals surface area (Å²) in [6, 6.07) is 3.83. The predicted molar refractivity (Wildman–Crippen MR) is 104 cm³/mol. The number of hydrogen-bond donors (Lipinski definition) is 1. The third-order valence-electron chi connectivity index (χ3n) is 5.48. The lowest BCUT2D eigenvalue weighted by Crippen LogP contribution is -2.49. The SMILES string of the molecule is Cc1c(CC(=O)NN2CCOCC2)c(=O)oc2cc3c(cc12)CCC(C)(C)O3. The second-order valence-corrected chi connectivity index (χ2v) is 8.12. The number of carbonyl (C=O) groups excluding carboxylic acids is 1. The van der Waals surface area contributed by atoms with Gasteiger partial charge in [0.15, 0.2) is 0 Å². The van der Waals surface area contributed by atoms with Crippen LogP contribution in [0.1, 0.15) is 37.0 Å². The minimum atomic E-state index is -0.475. The molecule has 0 atom stereocenters. The Morgan fingerprint density at radius 2 is 2.00 bits per heavy atom. The summed E-state index contributed by atoms with van der Waals surface area (Å²) in [4.78, 5) is 25.0. The van der Waals surface area contributed by atoms with Gasteiger partial charge in [-0.05, 0) is 50.8 Å². The number of amides is 1. The van der Waals surface area contributed by atoms with Crippen LogP contribution in [0.4, 0.5) is 0 Å². The average Bonchev–Trinajstić information content (AvgIpc) is 2.64. The van der Waals surface area contributed by atoms with Gasteiger partial charge < -0.3 is 13.9 Å². The third kappa shape index (κ3) is 3.77. The second kappa shape index (κ2) is 7.22. The van der Waals surface area contributed by atoms with E-state index in [4.69, 9.17) is 13.9 Å². The molecule has 4 rings (SSSR count). The maximum Gasteiger partial charge on any atom is 0.340 e. The Kier molecular flexibility index (Phi) is 4.89. The third-order valence-corrected chi connectivity index (χ3v) is 5.48. The van der Waals surface area contributed by atoms with Gasteiger partial charge in [-0.1, -0.05) is 0 Å². The first kappa shape index (κ1) is 19.0. The first-order valence-electron chi connectivity index (χ1n) is 9.73. The van der Waals surface area contributed by atoms with Crippen LogP contribution in [0.15, 0.2) is 21.3 Å². The highest BCUT2D eigenvalue weighted by Gasteiger charge is 2.28. The van der Waals surface area contributed by atoms with Crippen LogP contribution >= 0.6 is 0 Å². The fourth-order valence-corrected chi connectivity index (χ4v) is 3.79. The molecule has 0 radical (unpaired) electrons. The molecule has 1 aromatic heterocycles. The van der Waals surface area contributed by atoms with E-state index in [1.807, 2.05) is 18.0 Å². The number of hydrazine groups is 1. The average molecular weight is 386 g/mol. The van der Waals surface area contributed by atoms with Crippen LogP contribution in [0.2, 0.25) is 0 Å². The topological polar surface area (TPSA) is 81.0 Å². The van der Waals surface area contributed by atoms with Gasteiger partial charge in [0.05, 0.1) is 25.2 Å². The van der Waals surface area contributed by atoms with Crippen LogP contribution in [0.3, 0.4) is 0 Å². The quantitative estimate of drug-likeness (QED) is 0.814. The minimum Gasteiger partial charge on any atom is -0.487 e. The molecule has 0 unspecified atom stereocenters. The van der Waals surface area contributed by atoms with E-state index < -0.39 is 5.63 Å². The van der Waals surface area contributed by atoms with Gasteiger partial charge in [0, 0.05) is 24.5 Å².